The van der Waals surface area contributed by atoms with Gasteiger partial charge in [0.25, 0.3) is 0 Å². The number of hydrogen-bond donors (Lipinski definition) is 0. The third kappa shape index (κ3) is 2.79. The quantitative estimate of drug-likeness (QED) is 0.769. The van der Waals surface area contributed by atoms with Crippen LogP contribution in [0.25, 0.3) is 0 Å². The Kier molecular flexibility index (Phi) is 3.70. The second kappa shape index (κ2) is 5.25. The van der Waals surface area contributed by atoms with Crippen molar-refractivity contribution in [3.63, 3.8) is 0 Å². The normalized spacial score (nSPS) is 24.4. The molecule has 5 nitrogen and oxygen atoms in total. The largest absolute Gasteiger partial charge is 0.425 e. The second-order valence-electron chi connectivity index (χ2n) is 7.12. The molecule has 0 unspecified atom stereocenters. The Morgan fingerprint density at radius 2 is 1.71 bits per heavy atom. The Morgan fingerprint density at radius 1 is 1.10 bits per heavy atom. The molecule has 21 heavy (non-hydrogen) atoms. The van der Waals surface area contributed by atoms with E-state index in [0.29, 0.717) is 0 Å². The van der Waals surface area contributed by atoms with Gasteiger partial charge in [0, 0.05) is 25.5 Å². The minimum atomic E-state index is -0.124. The van der Waals surface area contributed by atoms with Gasteiger partial charge in [-0.05, 0) is 31.0 Å². The minimum absolute atomic E-state index is 0.0914. The topological polar surface area (TPSA) is 47.5 Å². The summed E-state index contributed by atoms with van der Waals surface area (Å²) in [5.74, 6) is 0.790. The van der Waals surface area contributed by atoms with Crippen LogP contribution in [0.4, 0.5) is 5.95 Å². The van der Waals surface area contributed by atoms with E-state index in [1.165, 1.54) is 0 Å². The van der Waals surface area contributed by atoms with Crippen molar-refractivity contribution in [2.24, 2.45) is 5.41 Å². The molecule has 3 heterocycles. The summed E-state index contributed by atoms with van der Waals surface area (Å²) in [5, 5.41) is 0. The van der Waals surface area contributed by atoms with Gasteiger partial charge in [0.2, 0.25) is 5.95 Å². The van der Waals surface area contributed by atoms with Crippen molar-refractivity contribution < 1.29 is 9.39 Å². The fraction of sp³-hybridized carbons (Fsp3) is 0.733. The van der Waals surface area contributed by atoms with Gasteiger partial charge in [-0.25, -0.2) is 9.97 Å². The summed E-state index contributed by atoms with van der Waals surface area (Å²) in [7, 11) is 0. The first-order chi connectivity index (χ1) is 9.89. The Labute approximate surface area is 127 Å². The van der Waals surface area contributed by atoms with Gasteiger partial charge in [-0.15, -0.1) is 0 Å². The van der Waals surface area contributed by atoms with Crippen LogP contribution in [0, 0.1) is 5.41 Å². The van der Waals surface area contributed by atoms with E-state index >= 15 is 0 Å². The summed E-state index contributed by atoms with van der Waals surface area (Å²) < 4.78 is 11.6. The highest BCUT2D eigenvalue weighted by Gasteiger charge is 2.50. The second-order valence-corrected chi connectivity index (χ2v) is 7.12. The van der Waals surface area contributed by atoms with E-state index in [-0.39, 0.29) is 17.9 Å². The first kappa shape index (κ1) is 14.8. The smallest absolute Gasteiger partial charge is 0.331 e. The first-order valence-corrected chi connectivity index (χ1v) is 7.71. The molecule has 0 bridgehead atoms. The highest BCUT2D eigenvalue weighted by molar-refractivity contribution is 6.68. The number of rotatable bonds is 2. The van der Waals surface area contributed by atoms with Crippen molar-refractivity contribution in [2.75, 3.05) is 31.2 Å². The molecule has 2 aliphatic rings. The molecule has 0 atom stereocenters. The summed E-state index contributed by atoms with van der Waals surface area (Å²) in [5.41, 5.74) is 1.10. The van der Waals surface area contributed by atoms with E-state index < -0.39 is 0 Å². The zero-order valence-electron chi connectivity index (χ0n) is 13.4. The van der Waals surface area contributed by atoms with Crippen LogP contribution < -0.4 is 10.4 Å². The highest BCUT2D eigenvalue weighted by Crippen LogP contribution is 2.44. The molecule has 0 aromatic carbocycles. The van der Waals surface area contributed by atoms with E-state index in [2.05, 4.69) is 42.6 Å². The van der Waals surface area contributed by atoms with Crippen molar-refractivity contribution in [1.29, 1.82) is 0 Å². The van der Waals surface area contributed by atoms with Gasteiger partial charge in [0.05, 0.1) is 18.8 Å². The van der Waals surface area contributed by atoms with Gasteiger partial charge in [0.1, 0.15) is 0 Å². The Hall–Kier alpha value is -1.14. The van der Waals surface area contributed by atoms with Crippen LogP contribution in [0.3, 0.4) is 0 Å². The maximum absolute atomic E-state index is 6.22. The molecular weight excluding hydrogens is 265 g/mol. The van der Waals surface area contributed by atoms with Gasteiger partial charge in [-0.2, -0.15) is 0 Å². The Balaban J connectivity index is 1.73. The van der Waals surface area contributed by atoms with E-state index in [9.17, 15) is 0 Å². The lowest BCUT2D eigenvalue weighted by Crippen LogP contribution is -2.39. The molecule has 0 N–H and O–H groups in total. The molecule has 3 rings (SSSR count). The zero-order chi connectivity index (χ0) is 15.1. The van der Waals surface area contributed by atoms with Crippen LogP contribution in [-0.2, 0) is 9.39 Å². The molecule has 114 valence electrons. The number of anilines is 1. The van der Waals surface area contributed by atoms with Crippen molar-refractivity contribution in [3.8, 4) is 0 Å². The summed E-state index contributed by atoms with van der Waals surface area (Å²) >= 11 is 0. The van der Waals surface area contributed by atoms with Crippen molar-refractivity contribution >= 4 is 18.3 Å². The lowest BCUT2D eigenvalue weighted by atomic mass is 9.55. The predicted octanol–water partition coefficient (Wildman–Crippen LogP) is 1.35. The lowest BCUT2D eigenvalue weighted by molar-refractivity contribution is 0.0375. The molecule has 2 aliphatic heterocycles. The minimum Gasteiger partial charge on any atom is -0.425 e. The van der Waals surface area contributed by atoms with E-state index in [0.717, 1.165) is 44.0 Å². The third-order valence-corrected chi connectivity index (χ3v) is 5.09. The average molecular weight is 289 g/mol. The van der Waals surface area contributed by atoms with Crippen LogP contribution in [0.5, 0.6) is 0 Å². The lowest BCUT2D eigenvalue weighted by Gasteiger charge is -2.34. The summed E-state index contributed by atoms with van der Waals surface area (Å²) in [6.45, 7) is 12.2. The van der Waals surface area contributed by atoms with Crippen molar-refractivity contribution in [2.45, 2.75) is 39.6 Å². The Bertz CT molecular complexity index is 482. The highest BCUT2D eigenvalue weighted by atomic mass is 16.5. The number of aromatic nitrogens is 2. The standard InChI is InChI=1S/C15H24BN3O2/c1-14(2)11-16(21-15(14,3)4)12-9-17-13(18-10-12)19-5-7-20-8-6-19/h9-10H,5-8,11H2,1-4H3. The van der Waals surface area contributed by atoms with Crippen molar-refractivity contribution in [3.05, 3.63) is 12.4 Å². The SMILES string of the molecule is CC1(C)CB(c2cnc(N3CCOCC3)nc2)OC1(C)C. The van der Waals surface area contributed by atoms with Crippen LogP contribution >= 0.6 is 0 Å². The summed E-state index contributed by atoms with van der Waals surface area (Å²) in [4.78, 5) is 11.2. The molecular formula is C15H24BN3O2. The number of hydrogen-bond acceptors (Lipinski definition) is 5. The molecule has 2 fully saturated rings. The maximum Gasteiger partial charge on any atom is 0.331 e. The summed E-state index contributed by atoms with van der Waals surface area (Å²) in [6.07, 6.45) is 4.83. The molecule has 0 amide bonds. The zero-order valence-corrected chi connectivity index (χ0v) is 13.4. The van der Waals surface area contributed by atoms with E-state index in [4.69, 9.17) is 9.39 Å². The van der Waals surface area contributed by atoms with Gasteiger partial charge in [-0.1, -0.05) is 13.8 Å². The number of ether oxygens (including phenoxy) is 1. The molecule has 2 saturated heterocycles. The van der Waals surface area contributed by atoms with Gasteiger partial charge < -0.3 is 14.3 Å². The van der Waals surface area contributed by atoms with Crippen LogP contribution in [0.2, 0.25) is 6.32 Å². The maximum atomic E-state index is 6.22. The molecule has 1 aromatic rings. The van der Waals surface area contributed by atoms with E-state index in [1.54, 1.807) is 0 Å². The molecule has 0 radical (unpaired) electrons. The van der Waals surface area contributed by atoms with Gasteiger partial charge in [-0.3, -0.25) is 0 Å². The van der Waals surface area contributed by atoms with Crippen LogP contribution in [-0.4, -0.2) is 48.8 Å². The monoisotopic (exact) mass is 289 g/mol. The molecule has 1 aromatic heterocycles. The fourth-order valence-corrected chi connectivity index (χ4v) is 2.88. The molecule has 6 heteroatoms. The van der Waals surface area contributed by atoms with Crippen molar-refractivity contribution in [1.82, 2.24) is 9.97 Å². The molecule has 0 aliphatic carbocycles. The fourth-order valence-electron chi connectivity index (χ4n) is 2.88. The predicted molar refractivity (Wildman–Crippen MR) is 84.2 cm³/mol. The van der Waals surface area contributed by atoms with Gasteiger partial charge >= 0.3 is 6.92 Å². The van der Waals surface area contributed by atoms with Gasteiger partial charge in [0.15, 0.2) is 0 Å². The van der Waals surface area contributed by atoms with Crippen LogP contribution in [0.1, 0.15) is 27.7 Å². The average Bonchev–Trinajstić information content (AvgIpc) is 2.69. The Morgan fingerprint density at radius 3 is 2.24 bits per heavy atom. The van der Waals surface area contributed by atoms with Crippen LogP contribution in [0.15, 0.2) is 12.4 Å². The first-order valence-electron chi connectivity index (χ1n) is 7.71. The molecule has 0 spiro atoms. The third-order valence-electron chi connectivity index (χ3n) is 5.09. The molecule has 0 saturated carbocycles. The van der Waals surface area contributed by atoms with E-state index in [1.807, 2.05) is 12.4 Å². The summed E-state index contributed by atoms with van der Waals surface area (Å²) in [6, 6.07) is 0. The number of morpholine rings is 1. The number of nitrogens with zero attached hydrogens (tertiary/aromatic N) is 3.